The molecule has 3 heteroatoms. The molecule has 0 bridgehead atoms. The van der Waals surface area contributed by atoms with Crippen LogP contribution in [0.5, 0.6) is 0 Å². The van der Waals surface area contributed by atoms with Crippen LogP contribution in [0.3, 0.4) is 0 Å². The lowest BCUT2D eigenvalue weighted by molar-refractivity contribution is -0.147. The van der Waals surface area contributed by atoms with Gasteiger partial charge in [0, 0.05) is 0 Å². The number of ether oxygens (including phenoxy) is 2. The minimum atomic E-state index is -0.667. The highest BCUT2D eigenvalue weighted by Gasteiger charge is 2.73. The van der Waals surface area contributed by atoms with Crippen molar-refractivity contribution in [2.75, 3.05) is 7.11 Å². The second kappa shape index (κ2) is 4.74. The molecule has 0 aromatic carbocycles. The predicted molar refractivity (Wildman–Crippen MR) is 63.2 cm³/mol. The molecule has 0 radical (unpaired) electrons. The van der Waals surface area contributed by atoms with E-state index in [9.17, 15) is 4.79 Å². The molecule has 1 saturated heterocycles. The molecule has 1 heterocycles. The van der Waals surface area contributed by atoms with Crippen molar-refractivity contribution in [3.05, 3.63) is 0 Å². The standard InChI is InChI=1S/C13H24O3/c1-6-10(4)9-12(7-2)13(8-3,16-12)11(14)15-5/h10H,6-9H2,1-5H3. The summed E-state index contributed by atoms with van der Waals surface area (Å²) in [5.41, 5.74) is -0.940. The lowest BCUT2D eigenvalue weighted by Crippen LogP contribution is -2.35. The zero-order chi connectivity index (χ0) is 12.4. The molecule has 0 N–H and O–H groups in total. The van der Waals surface area contributed by atoms with E-state index in [4.69, 9.17) is 9.47 Å². The molecule has 0 aromatic heterocycles. The summed E-state index contributed by atoms with van der Waals surface area (Å²) in [5, 5.41) is 0. The average Bonchev–Trinajstić information content (AvgIpc) is 2.97. The quantitative estimate of drug-likeness (QED) is 0.518. The number of epoxide rings is 1. The molecule has 0 spiro atoms. The van der Waals surface area contributed by atoms with Crippen LogP contribution in [0, 0.1) is 5.92 Å². The number of carbonyl (C=O) groups excluding carboxylic acids is 1. The van der Waals surface area contributed by atoms with Gasteiger partial charge in [-0.3, -0.25) is 0 Å². The molecule has 1 rings (SSSR count). The molecule has 1 aliphatic rings. The number of methoxy groups -OCH3 is 1. The molecule has 3 atom stereocenters. The highest BCUT2D eigenvalue weighted by molar-refractivity contribution is 5.84. The van der Waals surface area contributed by atoms with Crippen LogP contribution in [-0.2, 0) is 14.3 Å². The number of hydrogen-bond acceptors (Lipinski definition) is 3. The van der Waals surface area contributed by atoms with E-state index in [1.54, 1.807) is 0 Å². The Labute approximate surface area is 98.5 Å². The Balaban J connectivity index is 2.81. The number of rotatable bonds is 6. The van der Waals surface area contributed by atoms with Crippen molar-refractivity contribution in [2.45, 2.75) is 64.6 Å². The summed E-state index contributed by atoms with van der Waals surface area (Å²) < 4.78 is 10.7. The van der Waals surface area contributed by atoms with Crippen LogP contribution < -0.4 is 0 Å². The summed E-state index contributed by atoms with van der Waals surface area (Å²) in [6.07, 6.45) is 3.64. The maximum atomic E-state index is 11.8. The van der Waals surface area contributed by atoms with Gasteiger partial charge in [0.05, 0.1) is 7.11 Å². The van der Waals surface area contributed by atoms with Gasteiger partial charge in [0.1, 0.15) is 5.60 Å². The Morgan fingerprint density at radius 1 is 1.31 bits per heavy atom. The number of esters is 1. The summed E-state index contributed by atoms with van der Waals surface area (Å²) in [5.74, 6) is 0.373. The third-order valence-electron chi connectivity index (χ3n) is 4.02. The van der Waals surface area contributed by atoms with Gasteiger partial charge in [-0.05, 0) is 25.2 Å². The molecule has 94 valence electrons. The van der Waals surface area contributed by atoms with Crippen LogP contribution in [-0.4, -0.2) is 24.3 Å². The zero-order valence-corrected chi connectivity index (χ0v) is 11.1. The van der Waals surface area contributed by atoms with Crippen molar-refractivity contribution in [1.29, 1.82) is 0 Å². The van der Waals surface area contributed by atoms with Crippen LogP contribution >= 0.6 is 0 Å². The van der Waals surface area contributed by atoms with E-state index in [0.717, 1.165) is 19.3 Å². The molecule has 3 nitrogen and oxygen atoms in total. The third-order valence-corrected chi connectivity index (χ3v) is 4.02. The maximum Gasteiger partial charge on any atom is 0.341 e. The third kappa shape index (κ3) is 1.86. The van der Waals surface area contributed by atoms with Gasteiger partial charge in [-0.25, -0.2) is 4.79 Å². The molecule has 16 heavy (non-hydrogen) atoms. The molecular formula is C13H24O3. The van der Waals surface area contributed by atoms with Crippen LogP contribution in [0.15, 0.2) is 0 Å². The van der Waals surface area contributed by atoms with Crippen molar-refractivity contribution in [3.63, 3.8) is 0 Å². The lowest BCUT2D eigenvalue weighted by atomic mass is 9.81. The SMILES string of the molecule is CCC(C)CC1(CC)OC1(CC)C(=O)OC. The van der Waals surface area contributed by atoms with Gasteiger partial charge in [-0.2, -0.15) is 0 Å². The Bertz CT molecular complexity index is 264. The Morgan fingerprint density at radius 3 is 2.31 bits per heavy atom. The van der Waals surface area contributed by atoms with Gasteiger partial charge in [0.25, 0.3) is 0 Å². The van der Waals surface area contributed by atoms with Gasteiger partial charge < -0.3 is 9.47 Å². The first-order chi connectivity index (χ1) is 7.51. The van der Waals surface area contributed by atoms with Gasteiger partial charge in [-0.1, -0.05) is 34.1 Å². The van der Waals surface area contributed by atoms with Crippen LogP contribution in [0.25, 0.3) is 0 Å². The van der Waals surface area contributed by atoms with Crippen molar-refractivity contribution >= 4 is 5.97 Å². The minimum absolute atomic E-state index is 0.208. The second-order valence-electron chi connectivity index (χ2n) is 4.84. The topological polar surface area (TPSA) is 38.8 Å². The average molecular weight is 228 g/mol. The Morgan fingerprint density at radius 2 is 1.94 bits per heavy atom. The molecule has 0 aromatic rings. The van der Waals surface area contributed by atoms with Crippen LogP contribution in [0.1, 0.15) is 53.4 Å². The number of hydrogen-bond donors (Lipinski definition) is 0. The predicted octanol–water partition coefficient (Wildman–Crippen LogP) is 2.92. The Kier molecular flexibility index (Phi) is 4.00. The molecule has 3 unspecified atom stereocenters. The zero-order valence-electron chi connectivity index (χ0n) is 11.1. The van der Waals surface area contributed by atoms with E-state index in [-0.39, 0.29) is 11.6 Å². The highest BCUT2D eigenvalue weighted by atomic mass is 16.7. The summed E-state index contributed by atoms with van der Waals surface area (Å²) in [6.45, 7) is 8.45. The summed E-state index contributed by atoms with van der Waals surface area (Å²) >= 11 is 0. The van der Waals surface area contributed by atoms with Gasteiger partial charge >= 0.3 is 5.97 Å². The molecule has 0 saturated carbocycles. The fraction of sp³-hybridized carbons (Fsp3) is 0.923. The van der Waals surface area contributed by atoms with E-state index in [2.05, 4.69) is 20.8 Å². The van der Waals surface area contributed by atoms with E-state index < -0.39 is 5.60 Å². The smallest absolute Gasteiger partial charge is 0.341 e. The second-order valence-corrected chi connectivity index (χ2v) is 4.84. The van der Waals surface area contributed by atoms with Crippen LogP contribution in [0.4, 0.5) is 0 Å². The summed E-state index contributed by atoms with van der Waals surface area (Å²) in [4.78, 5) is 11.8. The lowest BCUT2D eigenvalue weighted by Gasteiger charge is -2.19. The molecule has 0 amide bonds. The minimum Gasteiger partial charge on any atom is -0.467 e. The van der Waals surface area contributed by atoms with Gasteiger partial charge in [0.15, 0.2) is 5.60 Å². The van der Waals surface area contributed by atoms with Crippen molar-refractivity contribution in [3.8, 4) is 0 Å². The largest absolute Gasteiger partial charge is 0.467 e. The molecule has 0 aliphatic carbocycles. The maximum absolute atomic E-state index is 11.8. The van der Waals surface area contributed by atoms with E-state index in [1.165, 1.54) is 7.11 Å². The fourth-order valence-corrected chi connectivity index (χ4v) is 2.66. The number of carbonyl (C=O) groups is 1. The first-order valence-corrected chi connectivity index (χ1v) is 6.30. The molecule has 1 aliphatic heterocycles. The highest BCUT2D eigenvalue weighted by Crippen LogP contribution is 2.57. The summed E-state index contributed by atoms with van der Waals surface area (Å²) in [6, 6.07) is 0. The van der Waals surface area contributed by atoms with Crippen molar-refractivity contribution < 1.29 is 14.3 Å². The molecular weight excluding hydrogens is 204 g/mol. The summed E-state index contributed by atoms with van der Waals surface area (Å²) in [7, 11) is 1.44. The fourth-order valence-electron chi connectivity index (χ4n) is 2.66. The van der Waals surface area contributed by atoms with E-state index >= 15 is 0 Å². The van der Waals surface area contributed by atoms with E-state index in [0.29, 0.717) is 12.3 Å². The monoisotopic (exact) mass is 228 g/mol. The molecule has 1 fully saturated rings. The van der Waals surface area contributed by atoms with Gasteiger partial charge in [0.2, 0.25) is 0 Å². The van der Waals surface area contributed by atoms with Gasteiger partial charge in [-0.15, -0.1) is 0 Å². The van der Waals surface area contributed by atoms with Crippen molar-refractivity contribution in [1.82, 2.24) is 0 Å². The van der Waals surface area contributed by atoms with E-state index in [1.807, 2.05) is 6.92 Å². The first kappa shape index (κ1) is 13.5. The normalized spacial score (nSPS) is 34.6. The first-order valence-electron chi connectivity index (χ1n) is 6.30. The Hall–Kier alpha value is -0.570. The van der Waals surface area contributed by atoms with Crippen LogP contribution in [0.2, 0.25) is 0 Å². The van der Waals surface area contributed by atoms with Crippen molar-refractivity contribution in [2.24, 2.45) is 5.92 Å².